The molecule has 4 nitrogen and oxygen atoms in total. The fourth-order valence-electron chi connectivity index (χ4n) is 4.04. The van der Waals surface area contributed by atoms with Gasteiger partial charge in [0.05, 0.1) is 12.6 Å². The van der Waals surface area contributed by atoms with Gasteiger partial charge in [0.15, 0.2) is 0 Å². The fraction of sp³-hybridized carbons (Fsp3) is 0.667. The van der Waals surface area contributed by atoms with Gasteiger partial charge in [-0.05, 0) is 54.7 Å². The van der Waals surface area contributed by atoms with Gasteiger partial charge in [-0.25, -0.2) is 0 Å². The van der Waals surface area contributed by atoms with Gasteiger partial charge in [0.25, 0.3) is 0 Å². The predicted octanol–water partition coefficient (Wildman–Crippen LogP) is 3.31. The van der Waals surface area contributed by atoms with Crippen molar-refractivity contribution in [1.29, 1.82) is 0 Å². The molecular weight excluding hydrogens is 312 g/mol. The molecule has 1 spiro atoms. The number of hydrogen-bond acceptors (Lipinski definition) is 3. The van der Waals surface area contributed by atoms with E-state index in [9.17, 15) is 4.79 Å². The highest BCUT2D eigenvalue weighted by atomic mass is 16.5. The molecule has 0 aromatic heterocycles. The van der Waals surface area contributed by atoms with Crippen molar-refractivity contribution < 1.29 is 9.53 Å². The minimum absolute atomic E-state index is 0.138. The van der Waals surface area contributed by atoms with Crippen LogP contribution in [0.25, 0.3) is 0 Å². The average molecular weight is 342 g/mol. The first-order valence-corrected chi connectivity index (χ1v) is 9.79. The van der Waals surface area contributed by atoms with Crippen molar-refractivity contribution in [2.45, 2.75) is 52.1 Å². The van der Waals surface area contributed by atoms with Crippen LogP contribution in [0.3, 0.4) is 0 Å². The summed E-state index contributed by atoms with van der Waals surface area (Å²) in [5.74, 6) is 1.79. The Morgan fingerprint density at radius 1 is 1.20 bits per heavy atom. The molecule has 25 heavy (non-hydrogen) atoms. The van der Waals surface area contributed by atoms with Crippen molar-refractivity contribution in [3.63, 3.8) is 0 Å². The van der Waals surface area contributed by atoms with Crippen LogP contribution in [0.15, 0.2) is 24.3 Å². The van der Waals surface area contributed by atoms with Crippen LogP contribution in [0, 0.1) is 11.3 Å². The Morgan fingerprint density at radius 3 is 2.48 bits per heavy atom. The lowest BCUT2D eigenvalue weighted by atomic mass is 9.88. The molecule has 1 unspecified atom stereocenters. The van der Waals surface area contributed by atoms with E-state index in [0.29, 0.717) is 17.2 Å². The summed E-state index contributed by atoms with van der Waals surface area (Å²) in [5, 5.41) is 0. The molecule has 1 aromatic rings. The molecule has 4 rings (SSSR count). The Hall–Kier alpha value is -1.55. The van der Waals surface area contributed by atoms with Crippen LogP contribution in [0.1, 0.15) is 45.1 Å². The zero-order valence-electron chi connectivity index (χ0n) is 15.5. The quantitative estimate of drug-likeness (QED) is 0.795. The van der Waals surface area contributed by atoms with E-state index in [2.05, 4.69) is 35.8 Å². The number of amides is 1. The molecule has 2 saturated heterocycles. The molecule has 1 aliphatic carbocycles. The number of rotatable bonds is 6. The Morgan fingerprint density at radius 2 is 1.92 bits per heavy atom. The van der Waals surface area contributed by atoms with Gasteiger partial charge in [-0.3, -0.25) is 9.69 Å². The van der Waals surface area contributed by atoms with Gasteiger partial charge in [-0.15, -0.1) is 0 Å². The zero-order chi connectivity index (χ0) is 17.4. The standard InChI is InChI=1S/C21H30N2O2/c1-16(2)14-25-18-6-4-17(5-7-18)13-23-15-21(8-9-21)12-19(20(23)24)22-10-3-11-22/h4-7,16,19H,3,8-15H2,1-2H3. The van der Waals surface area contributed by atoms with Gasteiger partial charge in [0.2, 0.25) is 5.91 Å². The van der Waals surface area contributed by atoms with E-state index in [1.54, 1.807) is 0 Å². The van der Waals surface area contributed by atoms with Crippen molar-refractivity contribution in [2.24, 2.45) is 11.3 Å². The Bertz CT molecular complexity index is 617. The van der Waals surface area contributed by atoms with E-state index >= 15 is 0 Å². The van der Waals surface area contributed by atoms with Crippen molar-refractivity contribution in [3.8, 4) is 5.75 Å². The van der Waals surface area contributed by atoms with Crippen LogP contribution >= 0.6 is 0 Å². The Kier molecular flexibility index (Phi) is 4.48. The molecule has 136 valence electrons. The third kappa shape index (κ3) is 3.69. The van der Waals surface area contributed by atoms with E-state index in [1.807, 2.05) is 12.1 Å². The fourth-order valence-corrected chi connectivity index (χ4v) is 4.04. The molecule has 1 atom stereocenters. The lowest BCUT2D eigenvalue weighted by molar-refractivity contribution is -0.145. The van der Waals surface area contributed by atoms with Crippen LogP contribution in [-0.2, 0) is 11.3 Å². The molecule has 0 N–H and O–H groups in total. The lowest BCUT2D eigenvalue weighted by Crippen LogP contribution is -2.58. The van der Waals surface area contributed by atoms with Crippen molar-refractivity contribution in [3.05, 3.63) is 29.8 Å². The summed E-state index contributed by atoms with van der Waals surface area (Å²) in [4.78, 5) is 17.5. The molecule has 3 aliphatic rings. The molecule has 0 radical (unpaired) electrons. The highest BCUT2D eigenvalue weighted by Crippen LogP contribution is 2.53. The van der Waals surface area contributed by atoms with Crippen molar-refractivity contribution in [1.82, 2.24) is 9.80 Å². The first kappa shape index (κ1) is 16.9. The first-order valence-electron chi connectivity index (χ1n) is 9.79. The predicted molar refractivity (Wildman–Crippen MR) is 98.5 cm³/mol. The number of benzene rings is 1. The van der Waals surface area contributed by atoms with Crippen LogP contribution < -0.4 is 4.74 Å². The number of nitrogens with zero attached hydrogens (tertiary/aromatic N) is 2. The van der Waals surface area contributed by atoms with Crippen molar-refractivity contribution in [2.75, 3.05) is 26.2 Å². The van der Waals surface area contributed by atoms with Crippen LogP contribution in [0.4, 0.5) is 0 Å². The summed E-state index contributed by atoms with van der Waals surface area (Å²) in [6.07, 6.45) is 4.92. The molecule has 4 heteroatoms. The second-order valence-electron chi connectivity index (χ2n) is 8.65. The summed E-state index contributed by atoms with van der Waals surface area (Å²) < 4.78 is 5.76. The third-order valence-corrected chi connectivity index (χ3v) is 5.92. The third-order valence-electron chi connectivity index (χ3n) is 5.92. The van der Waals surface area contributed by atoms with Crippen LogP contribution in [0.5, 0.6) is 5.75 Å². The van der Waals surface area contributed by atoms with Crippen LogP contribution in [-0.4, -0.2) is 48.0 Å². The molecule has 1 saturated carbocycles. The summed E-state index contributed by atoms with van der Waals surface area (Å²) in [7, 11) is 0. The minimum atomic E-state index is 0.138. The zero-order valence-corrected chi connectivity index (χ0v) is 15.5. The van der Waals surface area contributed by atoms with Crippen molar-refractivity contribution >= 4 is 5.91 Å². The summed E-state index contributed by atoms with van der Waals surface area (Å²) in [6, 6.07) is 8.42. The maximum Gasteiger partial charge on any atom is 0.240 e. The van der Waals surface area contributed by atoms with Crippen LogP contribution in [0.2, 0.25) is 0 Å². The van der Waals surface area contributed by atoms with Gasteiger partial charge in [0.1, 0.15) is 5.75 Å². The topological polar surface area (TPSA) is 32.8 Å². The number of carbonyl (C=O) groups is 1. The van der Waals surface area contributed by atoms with Gasteiger partial charge in [-0.1, -0.05) is 26.0 Å². The molecule has 1 amide bonds. The first-order chi connectivity index (χ1) is 12.0. The van der Waals surface area contributed by atoms with Gasteiger partial charge in [-0.2, -0.15) is 0 Å². The molecule has 0 bridgehead atoms. The lowest BCUT2D eigenvalue weighted by Gasteiger charge is -2.45. The molecule has 2 heterocycles. The average Bonchev–Trinajstić information content (AvgIpc) is 3.28. The SMILES string of the molecule is CC(C)COc1ccc(CN2CC3(CC3)CC(N3CCC3)C2=O)cc1. The van der Waals surface area contributed by atoms with Gasteiger partial charge < -0.3 is 9.64 Å². The second kappa shape index (κ2) is 6.64. The summed E-state index contributed by atoms with van der Waals surface area (Å²) in [5.41, 5.74) is 1.62. The van der Waals surface area contributed by atoms with E-state index in [0.717, 1.165) is 45.0 Å². The minimum Gasteiger partial charge on any atom is -0.493 e. The number of ether oxygens (including phenoxy) is 1. The summed E-state index contributed by atoms with van der Waals surface area (Å²) in [6.45, 7) is 8.92. The maximum atomic E-state index is 13.0. The highest BCUT2D eigenvalue weighted by molar-refractivity contribution is 5.83. The Labute approximate surface area is 151 Å². The molecular formula is C21H30N2O2. The second-order valence-corrected chi connectivity index (χ2v) is 8.65. The van der Waals surface area contributed by atoms with E-state index in [4.69, 9.17) is 4.74 Å². The summed E-state index contributed by atoms with van der Waals surface area (Å²) >= 11 is 0. The monoisotopic (exact) mass is 342 g/mol. The highest BCUT2D eigenvalue weighted by Gasteiger charge is 2.53. The normalized spacial score (nSPS) is 25.3. The number of likely N-dealkylation sites (tertiary alicyclic amines) is 2. The number of piperidine rings is 1. The van der Waals surface area contributed by atoms with Gasteiger partial charge in [0, 0.05) is 26.2 Å². The Balaban J connectivity index is 1.41. The van der Waals surface area contributed by atoms with Gasteiger partial charge >= 0.3 is 0 Å². The smallest absolute Gasteiger partial charge is 0.240 e. The molecule has 2 aliphatic heterocycles. The van der Waals surface area contributed by atoms with E-state index < -0.39 is 0 Å². The largest absolute Gasteiger partial charge is 0.493 e. The van der Waals surface area contributed by atoms with E-state index in [-0.39, 0.29) is 6.04 Å². The maximum absolute atomic E-state index is 13.0. The number of carbonyl (C=O) groups excluding carboxylic acids is 1. The molecule has 3 fully saturated rings. The molecule has 1 aromatic carbocycles. The number of hydrogen-bond donors (Lipinski definition) is 0. The van der Waals surface area contributed by atoms with E-state index in [1.165, 1.54) is 24.8 Å².